The predicted octanol–water partition coefficient (Wildman–Crippen LogP) is 4.58. The van der Waals surface area contributed by atoms with Gasteiger partial charge in [-0.1, -0.05) is 29.5 Å². The van der Waals surface area contributed by atoms with Gasteiger partial charge in [0.05, 0.1) is 16.6 Å². The van der Waals surface area contributed by atoms with Crippen molar-refractivity contribution in [1.29, 1.82) is 0 Å². The Kier molecular flexibility index (Phi) is 6.42. The molecule has 4 nitrogen and oxygen atoms in total. The molecule has 0 spiro atoms. The van der Waals surface area contributed by atoms with Crippen LogP contribution in [0.3, 0.4) is 0 Å². The Morgan fingerprint density at radius 3 is 2.57 bits per heavy atom. The summed E-state index contributed by atoms with van der Waals surface area (Å²) in [7, 11) is 4.03. The largest absolute Gasteiger partial charge is 0.309 e. The molecule has 0 N–H and O–H groups in total. The lowest BCUT2D eigenvalue weighted by molar-refractivity contribution is -0.118. The zero-order chi connectivity index (χ0) is 20.3. The van der Waals surface area contributed by atoms with E-state index in [4.69, 9.17) is 0 Å². The summed E-state index contributed by atoms with van der Waals surface area (Å²) in [6.45, 7) is 5.59. The molecule has 0 radical (unpaired) electrons. The molecule has 0 aliphatic rings. The lowest BCUT2D eigenvalue weighted by Crippen LogP contribution is -2.34. The van der Waals surface area contributed by atoms with Crippen molar-refractivity contribution in [3.05, 3.63) is 58.9 Å². The maximum atomic E-state index is 13.5. The van der Waals surface area contributed by atoms with Crippen LogP contribution in [-0.4, -0.2) is 43.0 Å². The number of aryl methyl sites for hydroxylation is 2. The van der Waals surface area contributed by atoms with Crippen LogP contribution in [0.25, 0.3) is 10.2 Å². The summed E-state index contributed by atoms with van der Waals surface area (Å²) in [5.41, 5.74) is 4.11. The second kappa shape index (κ2) is 8.80. The SMILES string of the molecule is Cc1ccc(CC(=O)N(CCCN(C)C)c2nc3ccc(F)cc3s2)cc1C. The van der Waals surface area contributed by atoms with Gasteiger partial charge in [-0.05, 0) is 75.8 Å². The predicted molar refractivity (Wildman–Crippen MR) is 115 cm³/mol. The van der Waals surface area contributed by atoms with Crippen molar-refractivity contribution in [3.63, 3.8) is 0 Å². The summed E-state index contributed by atoms with van der Waals surface area (Å²) in [6.07, 6.45) is 1.17. The van der Waals surface area contributed by atoms with Crippen LogP contribution in [0.5, 0.6) is 0 Å². The van der Waals surface area contributed by atoms with Crippen LogP contribution in [0, 0.1) is 19.7 Å². The van der Waals surface area contributed by atoms with E-state index in [1.807, 2.05) is 20.2 Å². The minimum atomic E-state index is -0.289. The third-order valence-corrected chi connectivity index (χ3v) is 5.83. The first-order valence-electron chi connectivity index (χ1n) is 9.41. The summed E-state index contributed by atoms with van der Waals surface area (Å²) < 4.78 is 14.3. The van der Waals surface area contributed by atoms with E-state index in [-0.39, 0.29) is 11.7 Å². The van der Waals surface area contributed by atoms with E-state index in [2.05, 4.69) is 35.9 Å². The highest BCUT2D eigenvalue weighted by Gasteiger charge is 2.20. The van der Waals surface area contributed by atoms with Gasteiger partial charge in [0.1, 0.15) is 5.82 Å². The fraction of sp³-hybridized carbons (Fsp3) is 0.364. The van der Waals surface area contributed by atoms with Gasteiger partial charge in [0.15, 0.2) is 5.13 Å². The van der Waals surface area contributed by atoms with Crippen LogP contribution in [0.1, 0.15) is 23.1 Å². The number of amides is 1. The van der Waals surface area contributed by atoms with Crippen molar-refractivity contribution in [2.75, 3.05) is 32.1 Å². The van der Waals surface area contributed by atoms with E-state index >= 15 is 0 Å². The van der Waals surface area contributed by atoms with E-state index in [0.717, 1.165) is 28.7 Å². The van der Waals surface area contributed by atoms with Crippen LogP contribution < -0.4 is 4.90 Å². The van der Waals surface area contributed by atoms with E-state index in [1.54, 1.807) is 11.0 Å². The van der Waals surface area contributed by atoms with Crippen LogP contribution in [-0.2, 0) is 11.2 Å². The molecule has 0 bridgehead atoms. The minimum absolute atomic E-state index is 0.0153. The molecule has 1 heterocycles. The van der Waals surface area contributed by atoms with E-state index in [1.165, 1.54) is 34.6 Å². The number of hydrogen-bond donors (Lipinski definition) is 0. The van der Waals surface area contributed by atoms with Gasteiger partial charge in [-0.25, -0.2) is 9.37 Å². The van der Waals surface area contributed by atoms with Gasteiger partial charge in [0.2, 0.25) is 5.91 Å². The lowest BCUT2D eigenvalue weighted by atomic mass is 10.0. The van der Waals surface area contributed by atoms with E-state index < -0.39 is 0 Å². The van der Waals surface area contributed by atoms with Crippen molar-refractivity contribution in [2.24, 2.45) is 0 Å². The topological polar surface area (TPSA) is 36.4 Å². The van der Waals surface area contributed by atoms with Crippen LogP contribution >= 0.6 is 11.3 Å². The van der Waals surface area contributed by atoms with Gasteiger partial charge in [0.25, 0.3) is 0 Å². The van der Waals surface area contributed by atoms with Crippen LogP contribution in [0.15, 0.2) is 36.4 Å². The van der Waals surface area contributed by atoms with Gasteiger partial charge in [0, 0.05) is 6.54 Å². The molecule has 3 aromatic rings. The summed E-state index contributed by atoms with van der Waals surface area (Å²) in [6, 6.07) is 10.7. The monoisotopic (exact) mass is 399 g/mol. The van der Waals surface area contributed by atoms with Gasteiger partial charge in [-0.2, -0.15) is 0 Å². The first kappa shape index (κ1) is 20.4. The molecule has 2 aromatic carbocycles. The molecule has 3 rings (SSSR count). The minimum Gasteiger partial charge on any atom is -0.309 e. The highest BCUT2D eigenvalue weighted by Crippen LogP contribution is 2.30. The number of hydrogen-bond acceptors (Lipinski definition) is 4. The molecule has 0 saturated carbocycles. The highest BCUT2D eigenvalue weighted by atomic mass is 32.1. The Balaban J connectivity index is 1.85. The van der Waals surface area contributed by atoms with Crippen molar-refractivity contribution in [1.82, 2.24) is 9.88 Å². The molecule has 0 unspecified atom stereocenters. The number of rotatable bonds is 7. The molecule has 148 valence electrons. The van der Waals surface area contributed by atoms with Crippen molar-refractivity contribution in [2.45, 2.75) is 26.7 Å². The standard InChI is InChI=1S/C22H26FN3OS/c1-15-6-7-17(12-16(15)2)13-21(27)26(11-5-10-25(3)4)22-24-19-9-8-18(23)14-20(19)28-22/h6-9,12,14H,5,10-11,13H2,1-4H3. The average molecular weight is 400 g/mol. The molecule has 1 aromatic heterocycles. The number of anilines is 1. The Labute approximate surface area is 169 Å². The Hall–Kier alpha value is -2.31. The number of carbonyl (C=O) groups is 1. The van der Waals surface area contributed by atoms with E-state index in [0.29, 0.717) is 18.1 Å². The van der Waals surface area contributed by atoms with Gasteiger partial charge < -0.3 is 4.90 Å². The quantitative estimate of drug-likeness (QED) is 0.583. The van der Waals surface area contributed by atoms with Gasteiger partial charge in [-0.15, -0.1) is 0 Å². The number of aromatic nitrogens is 1. The van der Waals surface area contributed by atoms with Crippen LogP contribution in [0.2, 0.25) is 0 Å². The van der Waals surface area contributed by atoms with Crippen molar-refractivity contribution < 1.29 is 9.18 Å². The second-order valence-corrected chi connectivity index (χ2v) is 8.42. The third-order valence-electron chi connectivity index (χ3n) is 4.78. The summed E-state index contributed by atoms with van der Waals surface area (Å²) >= 11 is 1.36. The fourth-order valence-electron chi connectivity index (χ4n) is 3.06. The van der Waals surface area contributed by atoms with Crippen LogP contribution in [0.4, 0.5) is 9.52 Å². The first-order valence-corrected chi connectivity index (χ1v) is 10.2. The summed E-state index contributed by atoms with van der Waals surface area (Å²) in [5, 5.41) is 0.633. The smallest absolute Gasteiger partial charge is 0.233 e. The zero-order valence-corrected chi connectivity index (χ0v) is 17.6. The summed E-state index contributed by atoms with van der Waals surface area (Å²) in [4.78, 5) is 21.6. The maximum Gasteiger partial charge on any atom is 0.233 e. The van der Waals surface area contributed by atoms with E-state index in [9.17, 15) is 9.18 Å². The number of halogens is 1. The Morgan fingerprint density at radius 2 is 1.86 bits per heavy atom. The third kappa shape index (κ3) is 4.94. The number of thiazole rings is 1. The lowest BCUT2D eigenvalue weighted by Gasteiger charge is -2.21. The fourth-order valence-corrected chi connectivity index (χ4v) is 4.09. The molecule has 0 saturated heterocycles. The number of nitrogens with zero attached hydrogens (tertiary/aromatic N) is 3. The number of carbonyl (C=O) groups excluding carboxylic acids is 1. The molecule has 0 atom stereocenters. The Morgan fingerprint density at radius 1 is 1.07 bits per heavy atom. The summed E-state index contributed by atoms with van der Waals surface area (Å²) in [5.74, 6) is -0.273. The van der Waals surface area contributed by atoms with Gasteiger partial charge >= 0.3 is 0 Å². The number of benzene rings is 2. The van der Waals surface area contributed by atoms with Gasteiger partial charge in [-0.3, -0.25) is 9.69 Å². The Bertz CT molecular complexity index is 983. The molecular formula is C22H26FN3OS. The maximum absolute atomic E-state index is 13.5. The zero-order valence-electron chi connectivity index (χ0n) is 16.8. The molecule has 1 amide bonds. The molecular weight excluding hydrogens is 373 g/mol. The number of fused-ring (bicyclic) bond motifs is 1. The second-order valence-electron chi connectivity index (χ2n) is 7.41. The average Bonchev–Trinajstić information content (AvgIpc) is 3.04. The first-order chi connectivity index (χ1) is 13.3. The molecule has 0 fully saturated rings. The molecule has 0 aliphatic heterocycles. The normalized spacial score (nSPS) is 11.4. The van der Waals surface area contributed by atoms with Crippen molar-refractivity contribution in [3.8, 4) is 0 Å². The highest BCUT2D eigenvalue weighted by molar-refractivity contribution is 7.22. The molecule has 0 aliphatic carbocycles. The molecule has 28 heavy (non-hydrogen) atoms. The van der Waals surface area contributed by atoms with Crippen molar-refractivity contribution >= 4 is 32.6 Å². The molecule has 6 heteroatoms.